The third-order valence-corrected chi connectivity index (χ3v) is 9.01. The van der Waals surface area contributed by atoms with Crippen molar-refractivity contribution in [3.8, 4) is 0 Å². The molecule has 226 valence electrons. The van der Waals surface area contributed by atoms with Gasteiger partial charge >= 0.3 is 12.2 Å². The van der Waals surface area contributed by atoms with E-state index >= 15 is 0 Å². The number of anilines is 2. The van der Waals surface area contributed by atoms with Crippen LogP contribution < -0.4 is 10.2 Å². The van der Waals surface area contributed by atoms with Gasteiger partial charge in [0.2, 0.25) is 0 Å². The first kappa shape index (κ1) is 30.4. The van der Waals surface area contributed by atoms with Crippen molar-refractivity contribution in [3.05, 3.63) is 70.3 Å². The number of halogens is 4. The van der Waals surface area contributed by atoms with Crippen LogP contribution >= 0.6 is 11.6 Å². The van der Waals surface area contributed by atoms with E-state index in [1.807, 2.05) is 26.0 Å². The first-order valence-corrected chi connectivity index (χ1v) is 15.0. The second-order valence-electron chi connectivity index (χ2n) is 11.8. The Morgan fingerprint density at radius 1 is 1.05 bits per heavy atom. The first-order chi connectivity index (χ1) is 19.9. The molecule has 2 aromatic carbocycles. The second kappa shape index (κ2) is 12.2. The predicted octanol–water partition coefficient (Wildman–Crippen LogP) is 7.99. The Labute approximate surface area is 250 Å². The first-order valence-electron chi connectivity index (χ1n) is 14.6. The lowest BCUT2D eigenvalue weighted by Gasteiger charge is -2.40. The maximum Gasteiger partial charge on any atom is 0.416 e. The molecular formula is C31H38ClF3N6O. The molecule has 1 aromatic heterocycles. The molecule has 0 unspecified atom stereocenters. The number of hydrogen-bond acceptors (Lipinski definition) is 4. The fourth-order valence-electron chi connectivity index (χ4n) is 6.49. The second-order valence-corrected chi connectivity index (χ2v) is 12.2. The van der Waals surface area contributed by atoms with Gasteiger partial charge in [0.1, 0.15) is 11.6 Å². The molecule has 2 fully saturated rings. The number of fused-ring (bicyclic) bond motifs is 2. The molecule has 1 N–H and O–H groups in total. The van der Waals surface area contributed by atoms with Gasteiger partial charge in [-0.3, -0.25) is 9.80 Å². The van der Waals surface area contributed by atoms with Gasteiger partial charge in [-0.2, -0.15) is 13.2 Å². The van der Waals surface area contributed by atoms with E-state index < -0.39 is 17.8 Å². The largest absolute Gasteiger partial charge is 0.416 e. The Hall–Kier alpha value is -3.11. The summed E-state index contributed by atoms with van der Waals surface area (Å²) in [5.74, 6) is 2.34. The lowest BCUT2D eigenvalue weighted by molar-refractivity contribution is -0.137. The number of aryl methyl sites for hydroxylation is 2. The molecule has 2 saturated heterocycles. The molecule has 3 aromatic rings. The van der Waals surface area contributed by atoms with Gasteiger partial charge in [0.25, 0.3) is 0 Å². The number of piperidine rings is 1. The van der Waals surface area contributed by atoms with Crippen LogP contribution in [0.2, 0.25) is 5.02 Å². The highest BCUT2D eigenvalue weighted by atomic mass is 35.5. The van der Waals surface area contributed by atoms with Crippen LogP contribution in [0, 0.1) is 13.8 Å². The van der Waals surface area contributed by atoms with E-state index in [0.29, 0.717) is 47.0 Å². The van der Waals surface area contributed by atoms with Crippen LogP contribution in [0.25, 0.3) is 0 Å². The summed E-state index contributed by atoms with van der Waals surface area (Å²) >= 11 is 6.40. The maximum atomic E-state index is 13.4. The minimum atomic E-state index is -4.44. The summed E-state index contributed by atoms with van der Waals surface area (Å²) in [5.41, 5.74) is 1.07. The van der Waals surface area contributed by atoms with Gasteiger partial charge in [-0.1, -0.05) is 31.5 Å². The van der Waals surface area contributed by atoms with E-state index in [2.05, 4.69) is 38.8 Å². The molecule has 11 heteroatoms. The van der Waals surface area contributed by atoms with E-state index in [0.717, 1.165) is 68.0 Å². The summed E-state index contributed by atoms with van der Waals surface area (Å²) in [5, 5.41) is 12.1. The lowest BCUT2D eigenvalue weighted by Crippen LogP contribution is -2.45. The molecular weight excluding hydrogens is 565 g/mol. The monoisotopic (exact) mass is 602 g/mol. The Morgan fingerprint density at radius 3 is 2.31 bits per heavy atom. The van der Waals surface area contributed by atoms with Crippen molar-refractivity contribution in [1.29, 1.82) is 0 Å². The third kappa shape index (κ3) is 6.44. The number of carbonyl (C=O) groups is 1. The number of alkyl halides is 3. The minimum absolute atomic E-state index is 0.293. The average Bonchev–Trinajstić information content (AvgIpc) is 3.43. The highest BCUT2D eigenvalue weighted by Gasteiger charge is 2.42. The molecule has 2 amide bonds. The van der Waals surface area contributed by atoms with E-state index in [-0.39, 0.29) is 0 Å². The number of hydrogen-bond donors (Lipinski definition) is 1. The zero-order chi connectivity index (χ0) is 30.2. The van der Waals surface area contributed by atoms with Crippen molar-refractivity contribution in [1.82, 2.24) is 19.7 Å². The summed E-state index contributed by atoms with van der Waals surface area (Å²) in [6, 6.07) is 10.9. The molecule has 7 nitrogen and oxygen atoms in total. The zero-order valence-electron chi connectivity index (χ0n) is 24.5. The number of benzene rings is 2. The molecule has 0 saturated carbocycles. The topological polar surface area (TPSA) is 66.3 Å². The van der Waals surface area contributed by atoms with Gasteiger partial charge in [-0.25, -0.2) is 4.79 Å². The van der Waals surface area contributed by atoms with Gasteiger partial charge in [0.15, 0.2) is 0 Å². The number of aromatic nitrogens is 3. The molecule has 5 rings (SSSR count). The smallest absolute Gasteiger partial charge is 0.312 e. The quantitative estimate of drug-likeness (QED) is 0.284. The number of nitrogens with zero attached hydrogens (tertiary/aromatic N) is 5. The predicted molar refractivity (Wildman–Crippen MR) is 159 cm³/mol. The maximum absolute atomic E-state index is 13.4. The number of amides is 2. The Kier molecular flexibility index (Phi) is 8.85. The number of urea groups is 1. The van der Waals surface area contributed by atoms with E-state index in [1.165, 1.54) is 12.1 Å². The van der Waals surface area contributed by atoms with Gasteiger partial charge in [-0.05, 0) is 87.9 Å². The molecule has 0 spiro atoms. The molecule has 0 aliphatic carbocycles. The van der Waals surface area contributed by atoms with Crippen LogP contribution in [-0.2, 0) is 6.18 Å². The van der Waals surface area contributed by atoms with Crippen molar-refractivity contribution in [2.75, 3.05) is 23.3 Å². The van der Waals surface area contributed by atoms with Crippen molar-refractivity contribution < 1.29 is 18.0 Å². The van der Waals surface area contributed by atoms with Crippen LogP contribution in [0.5, 0.6) is 0 Å². The molecule has 2 atom stereocenters. The van der Waals surface area contributed by atoms with Crippen LogP contribution in [0.1, 0.15) is 80.7 Å². The summed E-state index contributed by atoms with van der Waals surface area (Å²) < 4.78 is 41.3. The SMILES string of the molecule is Cc1ccc(N(CCCN2[C@@H]3CC[C@@H]2CC(n2c(C)nnc2C(C)C)C3)C(=O)Nc2ccc(C(F)(F)F)cc2)cc1Cl. The molecule has 2 aliphatic rings. The summed E-state index contributed by atoms with van der Waals surface area (Å²) in [4.78, 5) is 17.6. The Morgan fingerprint density at radius 2 is 1.71 bits per heavy atom. The van der Waals surface area contributed by atoms with Crippen LogP contribution in [0.3, 0.4) is 0 Å². The van der Waals surface area contributed by atoms with Crippen molar-refractivity contribution in [3.63, 3.8) is 0 Å². The summed E-state index contributed by atoms with van der Waals surface area (Å²) in [7, 11) is 0. The highest BCUT2D eigenvalue weighted by molar-refractivity contribution is 6.31. The summed E-state index contributed by atoms with van der Waals surface area (Å²) in [6.07, 6.45) is 0.733. The van der Waals surface area contributed by atoms with Gasteiger partial charge < -0.3 is 9.88 Å². The van der Waals surface area contributed by atoms with E-state index in [9.17, 15) is 18.0 Å². The lowest BCUT2D eigenvalue weighted by atomic mass is 9.96. The van der Waals surface area contributed by atoms with Crippen LogP contribution in [-0.4, -0.2) is 50.9 Å². The highest BCUT2D eigenvalue weighted by Crippen LogP contribution is 2.42. The Bertz CT molecular complexity index is 1390. The number of nitrogens with one attached hydrogen (secondary N) is 1. The minimum Gasteiger partial charge on any atom is -0.312 e. The van der Waals surface area contributed by atoms with Gasteiger partial charge in [0, 0.05) is 53.5 Å². The molecule has 42 heavy (non-hydrogen) atoms. The van der Waals surface area contributed by atoms with E-state index in [4.69, 9.17) is 11.6 Å². The molecule has 3 heterocycles. The van der Waals surface area contributed by atoms with Crippen LogP contribution in [0.4, 0.5) is 29.3 Å². The standard InChI is InChI=1S/C31H38ClF3N6O/c1-19(2)29-38-37-21(4)41(29)27-16-24-12-13-25(17-27)39(24)14-5-15-40(26-11-6-20(3)28(32)18-26)30(42)36-23-9-7-22(8-10-23)31(33,34)35/h6-11,18-19,24-25,27H,5,12-17H2,1-4H3,(H,36,42)/t24-,25-/m1/s1. The van der Waals surface area contributed by atoms with Gasteiger partial charge in [-0.15, -0.1) is 10.2 Å². The van der Waals surface area contributed by atoms with Gasteiger partial charge in [0.05, 0.1) is 5.56 Å². The number of rotatable bonds is 8. The zero-order valence-corrected chi connectivity index (χ0v) is 25.2. The van der Waals surface area contributed by atoms with Crippen molar-refractivity contribution in [2.24, 2.45) is 0 Å². The molecule has 2 bridgehead atoms. The fourth-order valence-corrected chi connectivity index (χ4v) is 6.67. The number of carbonyl (C=O) groups excluding carboxylic acids is 1. The average molecular weight is 603 g/mol. The normalized spacial score (nSPS) is 20.7. The van der Waals surface area contributed by atoms with Crippen LogP contribution in [0.15, 0.2) is 42.5 Å². The van der Waals surface area contributed by atoms with Crippen molar-refractivity contribution in [2.45, 2.75) is 90.0 Å². The fraction of sp³-hybridized carbons (Fsp3) is 0.516. The Balaban J connectivity index is 1.26. The molecule has 2 aliphatic heterocycles. The van der Waals surface area contributed by atoms with Crippen molar-refractivity contribution >= 4 is 29.0 Å². The molecule has 0 radical (unpaired) electrons. The summed E-state index contributed by atoms with van der Waals surface area (Å²) in [6.45, 7) is 9.53. The van der Waals surface area contributed by atoms with E-state index in [1.54, 1.807) is 11.0 Å². The third-order valence-electron chi connectivity index (χ3n) is 8.61.